The van der Waals surface area contributed by atoms with Crippen LogP contribution in [-0.2, 0) is 42.2 Å². The van der Waals surface area contributed by atoms with E-state index in [0.29, 0.717) is 17.8 Å². The average Bonchev–Trinajstić information content (AvgIpc) is 2.82. The zero-order chi connectivity index (χ0) is 28.5. The number of carbonyl (C=O) groups excluding carboxylic acids is 3. The molecule has 0 fully saturated rings. The number of nitrogens with zero attached hydrogens (tertiary/aromatic N) is 1. The van der Waals surface area contributed by atoms with Gasteiger partial charge >= 0.3 is 20.5 Å². The highest BCUT2D eigenvalue weighted by Crippen LogP contribution is 2.40. The maximum Gasteiger partial charge on any atom is 0.338 e. The molecule has 1 amide bonds. The molecular weight excluding hydrogens is 523 g/mol. The van der Waals surface area contributed by atoms with Crippen LogP contribution in [0.15, 0.2) is 12.3 Å². The summed E-state index contributed by atoms with van der Waals surface area (Å²) in [6.45, 7) is 9.63. The largest absolute Gasteiger partial charge is 0.438 e. The molecule has 13 heteroatoms. The number of rotatable bonds is 17. The fraction of sp³-hybridized carbons (Fsp3) is 0.667. The number of nitrogens with one attached hydrogen (secondary N) is 1. The Morgan fingerprint density at radius 1 is 1.05 bits per heavy atom. The van der Waals surface area contributed by atoms with Crippen molar-refractivity contribution in [3.8, 4) is 12.3 Å². The van der Waals surface area contributed by atoms with Gasteiger partial charge in [-0.05, 0) is 54.0 Å². The molecule has 11 nitrogen and oxygen atoms in total. The van der Waals surface area contributed by atoms with Crippen LogP contribution in [0.1, 0.15) is 48.0 Å². The normalized spacial score (nSPS) is 12.6. The molecule has 1 unspecified atom stereocenters. The number of thiocarbonyl (C=S) groups is 1. The van der Waals surface area contributed by atoms with Crippen LogP contribution < -0.4 is 5.32 Å². The third-order valence-corrected chi connectivity index (χ3v) is 5.53. The molecule has 0 heterocycles. The van der Waals surface area contributed by atoms with Gasteiger partial charge in [-0.2, -0.15) is 0 Å². The number of hydrogen-bond donors (Lipinski definition) is 1. The smallest absolute Gasteiger partial charge is 0.338 e. The minimum atomic E-state index is -2.10. The standard InChI is InChI=1S/C24H39N2O9PS/c1-9-14-30-19(10-12-26(16-27)13-11-20(37)25-8)15-33-36(34-17-31-21(28)23(2,3)4)35-18-32-22(29)24(5,6)7/h1,11,13,16,19H,10,12,14-15,17-18H2,2-8H3,(H,25,37)/b13-11-. The first-order valence-corrected chi connectivity index (χ1v) is 12.9. The Kier molecular flexibility index (Phi) is 17.1. The highest BCUT2D eigenvalue weighted by Gasteiger charge is 2.26. The van der Waals surface area contributed by atoms with Crippen LogP contribution in [0.4, 0.5) is 0 Å². The summed E-state index contributed by atoms with van der Waals surface area (Å²) in [5, 5.41) is 2.78. The lowest BCUT2D eigenvalue weighted by Gasteiger charge is -2.23. The van der Waals surface area contributed by atoms with E-state index in [2.05, 4.69) is 11.2 Å². The summed E-state index contributed by atoms with van der Waals surface area (Å²) in [6.07, 6.45) is 8.91. The molecule has 0 aromatic carbocycles. The lowest BCUT2D eigenvalue weighted by molar-refractivity contribution is -0.162. The Morgan fingerprint density at radius 3 is 2.03 bits per heavy atom. The Bertz CT molecular complexity index is 772. The number of hydrogen-bond acceptors (Lipinski definition) is 10. The maximum atomic E-state index is 12.0. The zero-order valence-corrected chi connectivity index (χ0v) is 24.3. The van der Waals surface area contributed by atoms with Gasteiger partial charge in [0, 0.05) is 19.8 Å². The van der Waals surface area contributed by atoms with Gasteiger partial charge in [-0.3, -0.25) is 23.4 Å². The van der Waals surface area contributed by atoms with Crippen LogP contribution in [0.3, 0.4) is 0 Å². The summed E-state index contributed by atoms with van der Waals surface area (Å²) in [5.74, 6) is 1.43. The summed E-state index contributed by atoms with van der Waals surface area (Å²) in [6, 6.07) is 0. The first kappa shape index (κ1) is 34.9. The molecule has 0 radical (unpaired) electrons. The topological polar surface area (TPSA) is 122 Å². The zero-order valence-electron chi connectivity index (χ0n) is 22.6. The van der Waals surface area contributed by atoms with Crippen LogP contribution in [0.25, 0.3) is 0 Å². The van der Waals surface area contributed by atoms with Crippen molar-refractivity contribution in [2.24, 2.45) is 10.8 Å². The molecule has 0 saturated heterocycles. The summed E-state index contributed by atoms with van der Waals surface area (Å²) in [7, 11) is -0.421. The van der Waals surface area contributed by atoms with Crippen molar-refractivity contribution < 1.29 is 42.2 Å². The summed E-state index contributed by atoms with van der Waals surface area (Å²) >= 11 is 5.03. The van der Waals surface area contributed by atoms with E-state index in [1.165, 1.54) is 11.1 Å². The minimum absolute atomic E-state index is 0.0147. The van der Waals surface area contributed by atoms with Crippen LogP contribution >= 0.6 is 20.8 Å². The summed E-state index contributed by atoms with van der Waals surface area (Å²) in [5.41, 5.74) is -1.44. The molecule has 0 aliphatic rings. The Labute approximate surface area is 226 Å². The monoisotopic (exact) mass is 562 g/mol. The van der Waals surface area contributed by atoms with E-state index in [4.69, 9.17) is 46.4 Å². The van der Waals surface area contributed by atoms with E-state index in [0.717, 1.165) is 0 Å². The maximum absolute atomic E-state index is 12.0. The molecule has 0 aliphatic heterocycles. The van der Waals surface area contributed by atoms with Crippen molar-refractivity contribution in [2.75, 3.05) is 40.4 Å². The van der Waals surface area contributed by atoms with E-state index < -0.39 is 51.1 Å². The summed E-state index contributed by atoms with van der Waals surface area (Å²) < 4.78 is 32.4. The second kappa shape index (κ2) is 18.2. The Morgan fingerprint density at radius 2 is 1.59 bits per heavy atom. The molecule has 210 valence electrons. The Balaban J connectivity index is 5.12. The van der Waals surface area contributed by atoms with Crippen molar-refractivity contribution in [2.45, 2.75) is 54.1 Å². The second-order valence-corrected chi connectivity index (χ2v) is 11.2. The quantitative estimate of drug-likeness (QED) is 0.0535. The Hall–Kier alpha value is -2.13. The molecule has 0 bridgehead atoms. The minimum Gasteiger partial charge on any atom is -0.438 e. The van der Waals surface area contributed by atoms with Crippen LogP contribution in [0.2, 0.25) is 0 Å². The lowest BCUT2D eigenvalue weighted by Crippen LogP contribution is -2.27. The van der Waals surface area contributed by atoms with Gasteiger partial charge in [-0.1, -0.05) is 18.1 Å². The van der Waals surface area contributed by atoms with E-state index >= 15 is 0 Å². The predicted molar refractivity (Wildman–Crippen MR) is 143 cm³/mol. The lowest BCUT2D eigenvalue weighted by atomic mass is 9.98. The van der Waals surface area contributed by atoms with E-state index in [-0.39, 0.29) is 19.8 Å². The first-order chi connectivity index (χ1) is 17.2. The molecule has 0 aliphatic carbocycles. The number of carbonyl (C=O) groups is 3. The van der Waals surface area contributed by atoms with Gasteiger partial charge in [0.15, 0.2) is 0 Å². The fourth-order valence-corrected chi connectivity index (χ4v) is 2.87. The molecule has 0 spiro atoms. The number of terminal acetylenes is 1. The molecular formula is C24H39N2O9PS. The highest BCUT2D eigenvalue weighted by atomic mass is 32.1. The van der Waals surface area contributed by atoms with Gasteiger partial charge in [0.1, 0.15) is 6.61 Å². The fourth-order valence-electron chi connectivity index (χ4n) is 2.02. The van der Waals surface area contributed by atoms with Gasteiger partial charge in [0.2, 0.25) is 20.0 Å². The van der Waals surface area contributed by atoms with Crippen molar-refractivity contribution in [3.05, 3.63) is 12.3 Å². The van der Waals surface area contributed by atoms with Gasteiger partial charge in [0.05, 0.1) is 28.5 Å². The SMILES string of the molecule is C#CCOC(CCN(C=O)/C=C\C(=S)NC)COP(OCOC(=O)C(C)(C)C)OCOC(=O)C(C)(C)C. The molecule has 1 atom stereocenters. The number of ether oxygens (including phenoxy) is 3. The predicted octanol–water partition coefficient (Wildman–Crippen LogP) is 3.28. The number of amides is 1. The number of esters is 2. The van der Waals surface area contributed by atoms with Crippen LogP contribution in [-0.4, -0.2) is 74.7 Å². The van der Waals surface area contributed by atoms with Crippen molar-refractivity contribution in [3.63, 3.8) is 0 Å². The molecule has 37 heavy (non-hydrogen) atoms. The highest BCUT2D eigenvalue weighted by molar-refractivity contribution is 7.80. The molecule has 0 aromatic rings. The molecule has 1 N–H and O–H groups in total. The molecule has 0 saturated carbocycles. The van der Waals surface area contributed by atoms with Gasteiger partial charge in [-0.25, -0.2) is 0 Å². The van der Waals surface area contributed by atoms with Crippen molar-refractivity contribution in [1.29, 1.82) is 0 Å². The van der Waals surface area contributed by atoms with E-state index in [1.54, 1.807) is 54.7 Å². The number of likely N-dealkylation sites (N-methyl/N-ethyl adjacent to an activating group) is 1. The van der Waals surface area contributed by atoms with Gasteiger partial charge in [-0.15, -0.1) is 6.42 Å². The molecule has 0 aromatic heterocycles. The van der Waals surface area contributed by atoms with Crippen molar-refractivity contribution in [1.82, 2.24) is 10.2 Å². The van der Waals surface area contributed by atoms with Gasteiger partial charge < -0.3 is 29.0 Å². The van der Waals surface area contributed by atoms with E-state index in [1.807, 2.05) is 0 Å². The average molecular weight is 563 g/mol. The van der Waals surface area contributed by atoms with Crippen LogP contribution in [0, 0.1) is 23.2 Å². The second-order valence-electron chi connectivity index (χ2n) is 9.58. The van der Waals surface area contributed by atoms with Crippen molar-refractivity contribution >= 4 is 44.2 Å². The summed E-state index contributed by atoms with van der Waals surface area (Å²) in [4.78, 5) is 37.2. The molecule has 0 rings (SSSR count). The third kappa shape index (κ3) is 17.1. The first-order valence-electron chi connectivity index (χ1n) is 11.4. The van der Waals surface area contributed by atoms with E-state index in [9.17, 15) is 14.4 Å². The third-order valence-electron chi connectivity index (χ3n) is 4.20. The van der Waals surface area contributed by atoms with Crippen LogP contribution in [0.5, 0.6) is 0 Å². The van der Waals surface area contributed by atoms with Gasteiger partial charge in [0.25, 0.3) is 0 Å².